The molecule has 1 fully saturated rings. The molecule has 0 bridgehead atoms. The van der Waals surface area contributed by atoms with Gasteiger partial charge in [0.2, 0.25) is 0 Å². The fourth-order valence-corrected chi connectivity index (χ4v) is 4.28. The number of halogens is 1. The summed E-state index contributed by atoms with van der Waals surface area (Å²) in [5, 5.41) is 4.18. The van der Waals surface area contributed by atoms with Gasteiger partial charge < -0.3 is 0 Å². The van der Waals surface area contributed by atoms with Gasteiger partial charge in [-0.3, -0.25) is 4.68 Å². The van der Waals surface area contributed by atoms with Gasteiger partial charge in [-0.25, -0.2) is 22.1 Å². The van der Waals surface area contributed by atoms with E-state index in [0.717, 1.165) is 25.5 Å². The van der Waals surface area contributed by atoms with Crippen LogP contribution in [0.25, 0.3) is 0 Å². The van der Waals surface area contributed by atoms with Gasteiger partial charge in [-0.2, -0.15) is 5.10 Å². The number of sulfonamides is 1. The van der Waals surface area contributed by atoms with Crippen LogP contribution in [0.2, 0.25) is 0 Å². The minimum absolute atomic E-state index is 0.165. The van der Waals surface area contributed by atoms with Gasteiger partial charge in [0.15, 0.2) is 0 Å². The summed E-state index contributed by atoms with van der Waals surface area (Å²) in [6, 6.07) is 1.65. The summed E-state index contributed by atoms with van der Waals surface area (Å²) in [5.41, 5.74) is 0.620. The van der Waals surface area contributed by atoms with Crippen molar-refractivity contribution in [3.05, 3.63) is 36.0 Å². The molecule has 0 N–H and O–H groups in total. The lowest BCUT2D eigenvalue weighted by atomic mass is 9.93. The van der Waals surface area contributed by atoms with Crippen LogP contribution in [0.1, 0.15) is 30.9 Å². The summed E-state index contributed by atoms with van der Waals surface area (Å²) in [7, 11) is -3.70. The molecular weight excluding hydrogens is 307 g/mol. The second-order valence-corrected chi connectivity index (χ2v) is 7.57. The van der Waals surface area contributed by atoms with Crippen molar-refractivity contribution in [1.82, 2.24) is 14.8 Å². The lowest BCUT2D eigenvalue weighted by molar-refractivity contribution is 0.289. The van der Waals surface area contributed by atoms with Gasteiger partial charge in [0, 0.05) is 18.3 Å². The first kappa shape index (κ1) is 13.7. The van der Waals surface area contributed by atoms with Crippen LogP contribution in [-0.4, -0.2) is 29.7 Å². The van der Waals surface area contributed by atoms with Crippen molar-refractivity contribution < 1.29 is 12.8 Å². The molecule has 116 valence electrons. The van der Waals surface area contributed by atoms with Crippen LogP contribution in [0.5, 0.6) is 0 Å². The Morgan fingerprint density at radius 1 is 1.27 bits per heavy atom. The highest BCUT2D eigenvalue weighted by molar-refractivity contribution is 7.92. The van der Waals surface area contributed by atoms with E-state index in [1.54, 1.807) is 10.9 Å². The Morgan fingerprint density at radius 3 is 2.82 bits per heavy atom. The number of aromatic nitrogens is 3. The predicted molar refractivity (Wildman–Crippen MR) is 77.5 cm³/mol. The number of nitrogens with zero attached hydrogens (tertiary/aromatic N) is 4. The van der Waals surface area contributed by atoms with E-state index in [-0.39, 0.29) is 11.4 Å². The first-order valence-corrected chi connectivity index (χ1v) is 8.71. The van der Waals surface area contributed by atoms with Crippen LogP contribution in [0.3, 0.4) is 0 Å². The third-order valence-electron chi connectivity index (χ3n) is 4.34. The molecule has 0 saturated heterocycles. The Labute approximate surface area is 127 Å². The predicted octanol–water partition coefficient (Wildman–Crippen LogP) is 1.89. The summed E-state index contributed by atoms with van der Waals surface area (Å²) < 4.78 is 41.7. The van der Waals surface area contributed by atoms with E-state index in [1.807, 2.05) is 0 Å². The number of hydrogen-bond donors (Lipinski definition) is 0. The maximum atomic E-state index is 13.2. The minimum Gasteiger partial charge on any atom is -0.268 e. The topological polar surface area (TPSA) is 68.1 Å². The Balaban J connectivity index is 1.69. The molecule has 0 spiro atoms. The summed E-state index contributed by atoms with van der Waals surface area (Å²) in [6.45, 7) is 0.280. The van der Waals surface area contributed by atoms with Gasteiger partial charge in [0.05, 0.1) is 18.4 Å². The van der Waals surface area contributed by atoms with Crippen LogP contribution in [0, 0.1) is 5.82 Å². The summed E-state index contributed by atoms with van der Waals surface area (Å²) in [5.74, 6) is -0.131. The molecule has 0 radical (unpaired) electrons. The van der Waals surface area contributed by atoms with E-state index < -0.39 is 15.8 Å². The molecule has 2 aliphatic rings. The minimum atomic E-state index is -3.70. The van der Waals surface area contributed by atoms with Crippen molar-refractivity contribution in [2.24, 2.45) is 0 Å². The van der Waals surface area contributed by atoms with Crippen molar-refractivity contribution >= 4 is 15.8 Å². The van der Waals surface area contributed by atoms with Gasteiger partial charge in [0.25, 0.3) is 10.0 Å². The van der Waals surface area contributed by atoms with Crippen LogP contribution in [0.4, 0.5) is 10.2 Å². The van der Waals surface area contributed by atoms with Crippen LogP contribution < -0.4 is 4.31 Å². The Bertz CT molecular complexity index is 829. The summed E-state index contributed by atoms with van der Waals surface area (Å²) >= 11 is 0. The van der Waals surface area contributed by atoms with Crippen molar-refractivity contribution in [1.29, 1.82) is 0 Å². The van der Waals surface area contributed by atoms with Gasteiger partial charge in [-0.15, -0.1) is 0 Å². The quantitative estimate of drug-likeness (QED) is 0.865. The van der Waals surface area contributed by atoms with E-state index in [9.17, 15) is 12.8 Å². The summed E-state index contributed by atoms with van der Waals surface area (Å²) in [4.78, 5) is 4.11. The first-order valence-electron chi connectivity index (χ1n) is 7.27. The van der Waals surface area contributed by atoms with Gasteiger partial charge in [-0.1, -0.05) is 0 Å². The smallest absolute Gasteiger partial charge is 0.268 e. The van der Waals surface area contributed by atoms with Crippen molar-refractivity contribution in [3.8, 4) is 0 Å². The van der Waals surface area contributed by atoms with Gasteiger partial charge >= 0.3 is 0 Å². The van der Waals surface area contributed by atoms with E-state index >= 15 is 0 Å². The first-order chi connectivity index (χ1) is 10.6. The standard InChI is InChI=1S/C14H15FN4O2S/c15-11-6-10-4-5-19(14(10)16-7-11)22(20,21)13-8-17-18(9-13)12-2-1-3-12/h6-9,12H,1-5H2. The fourth-order valence-electron chi connectivity index (χ4n) is 2.88. The molecular formula is C14H15FN4O2S. The SMILES string of the molecule is O=S(=O)(c1cnn(C2CCC2)c1)N1CCc2cc(F)cnc21. The van der Waals surface area contributed by atoms with Crippen molar-refractivity contribution in [2.45, 2.75) is 36.6 Å². The monoisotopic (exact) mass is 322 g/mol. The maximum Gasteiger partial charge on any atom is 0.268 e. The largest absolute Gasteiger partial charge is 0.268 e. The second-order valence-electron chi connectivity index (χ2n) is 5.70. The zero-order valence-electron chi connectivity index (χ0n) is 11.8. The molecule has 8 heteroatoms. The molecule has 1 aliphatic carbocycles. The van der Waals surface area contributed by atoms with Gasteiger partial charge in [-0.05, 0) is 31.7 Å². The zero-order chi connectivity index (χ0) is 15.3. The molecule has 1 saturated carbocycles. The van der Waals surface area contributed by atoms with Crippen LogP contribution in [-0.2, 0) is 16.4 Å². The third-order valence-corrected chi connectivity index (χ3v) is 6.09. The number of anilines is 1. The van der Waals surface area contributed by atoms with Crippen molar-refractivity contribution in [3.63, 3.8) is 0 Å². The molecule has 2 aromatic rings. The average molecular weight is 322 g/mol. The third kappa shape index (κ3) is 2.01. The highest BCUT2D eigenvalue weighted by atomic mass is 32.2. The molecule has 4 rings (SSSR count). The van der Waals surface area contributed by atoms with E-state index in [1.165, 1.54) is 16.6 Å². The summed E-state index contributed by atoms with van der Waals surface area (Å²) in [6.07, 6.45) is 7.71. The lowest BCUT2D eigenvalue weighted by Gasteiger charge is -2.25. The number of fused-ring (bicyclic) bond motifs is 1. The molecule has 2 aromatic heterocycles. The molecule has 6 nitrogen and oxygen atoms in total. The Morgan fingerprint density at radius 2 is 2.09 bits per heavy atom. The fraction of sp³-hybridized carbons (Fsp3) is 0.429. The van der Waals surface area contributed by atoms with E-state index in [0.29, 0.717) is 23.8 Å². The van der Waals surface area contributed by atoms with Crippen LogP contribution in [0.15, 0.2) is 29.6 Å². The zero-order valence-corrected chi connectivity index (χ0v) is 12.6. The molecule has 22 heavy (non-hydrogen) atoms. The number of hydrogen-bond acceptors (Lipinski definition) is 4. The lowest BCUT2D eigenvalue weighted by Crippen LogP contribution is -2.29. The highest BCUT2D eigenvalue weighted by Gasteiger charge is 2.34. The Kier molecular flexibility index (Phi) is 2.97. The number of pyridine rings is 1. The second kappa shape index (κ2) is 4.77. The van der Waals surface area contributed by atoms with Crippen LogP contribution >= 0.6 is 0 Å². The normalized spacial score (nSPS) is 18.3. The Hall–Kier alpha value is -1.96. The van der Waals surface area contributed by atoms with Crippen molar-refractivity contribution in [2.75, 3.05) is 10.8 Å². The molecule has 1 aliphatic heterocycles. The molecule has 0 aromatic carbocycles. The average Bonchev–Trinajstić information content (AvgIpc) is 3.03. The van der Waals surface area contributed by atoms with E-state index in [4.69, 9.17) is 0 Å². The van der Waals surface area contributed by atoms with Gasteiger partial charge in [0.1, 0.15) is 16.5 Å². The molecule has 0 amide bonds. The maximum absolute atomic E-state index is 13.2. The molecule has 0 unspecified atom stereocenters. The molecule has 3 heterocycles. The van der Waals surface area contributed by atoms with E-state index in [2.05, 4.69) is 10.1 Å². The molecule has 0 atom stereocenters. The highest BCUT2D eigenvalue weighted by Crippen LogP contribution is 2.34. The number of rotatable bonds is 3.